The third-order valence-corrected chi connectivity index (χ3v) is 4.87. The van der Waals surface area contributed by atoms with Gasteiger partial charge < -0.3 is 10.2 Å². The Hall–Kier alpha value is -1.51. The van der Waals surface area contributed by atoms with Crippen LogP contribution in [0.25, 0.3) is 0 Å². The minimum atomic E-state index is 0.808. The van der Waals surface area contributed by atoms with Gasteiger partial charge in [0.15, 0.2) is 0 Å². The quantitative estimate of drug-likeness (QED) is 0.829. The van der Waals surface area contributed by atoms with E-state index in [-0.39, 0.29) is 0 Å². The number of benzene rings is 1. The highest BCUT2D eigenvalue weighted by atomic mass is 35.5. The molecule has 0 amide bonds. The van der Waals surface area contributed by atoms with Gasteiger partial charge in [0.1, 0.15) is 0 Å². The summed E-state index contributed by atoms with van der Waals surface area (Å²) >= 11 is 6.17. The van der Waals surface area contributed by atoms with E-state index in [2.05, 4.69) is 58.8 Å². The molecule has 2 nitrogen and oxygen atoms in total. The van der Waals surface area contributed by atoms with Crippen molar-refractivity contribution in [1.82, 2.24) is 10.2 Å². The molecule has 3 rings (SSSR count). The van der Waals surface area contributed by atoms with Crippen LogP contribution >= 0.6 is 11.6 Å². The molecule has 0 radical (unpaired) electrons. The van der Waals surface area contributed by atoms with Crippen LogP contribution < -0.4 is 5.32 Å². The van der Waals surface area contributed by atoms with Gasteiger partial charge in [-0.25, -0.2) is 0 Å². The molecule has 1 aliphatic heterocycles. The van der Waals surface area contributed by atoms with E-state index in [1.165, 1.54) is 37.2 Å². The van der Waals surface area contributed by atoms with Gasteiger partial charge in [0.05, 0.1) is 0 Å². The van der Waals surface area contributed by atoms with Crippen molar-refractivity contribution in [2.45, 2.75) is 25.8 Å². The predicted octanol–water partition coefficient (Wildman–Crippen LogP) is 4.45. The zero-order valence-corrected chi connectivity index (χ0v) is 14.3. The Labute approximate surface area is 144 Å². The first-order chi connectivity index (χ1) is 11.3. The van der Waals surface area contributed by atoms with Gasteiger partial charge in [0.25, 0.3) is 0 Å². The van der Waals surface area contributed by atoms with E-state index < -0.39 is 0 Å². The Morgan fingerprint density at radius 1 is 1.17 bits per heavy atom. The van der Waals surface area contributed by atoms with Crippen molar-refractivity contribution < 1.29 is 0 Å². The topological polar surface area (TPSA) is 15.3 Å². The molecule has 122 valence electrons. The molecule has 1 aromatic carbocycles. The van der Waals surface area contributed by atoms with Crippen LogP contribution in [0.5, 0.6) is 0 Å². The second-order valence-electron chi connectivity index (χ2n) is 6.37. The number of nitrogens with one attached hydrogen (secondary N) is 1. The zero-order chi connectivity index (χ0) is 15.9. The smallest absolute Gasteiger partial charge is 0.0429 e. The second-order valence-corrected chi connectivity index (χ2v) is 6.85. The minimum Gasteiger partial charge on any atom is -0.367 e. The molecule has 3 heteroatoms. The first-order valence-corrected chi connectivity index (χ1v) is 8.91. The van der Waals surface area contributed by atoms with Crippen LogP contribution in [0, 0.1) is 5.92 Å². The number of rotatable bonds is 6. The summed E-state index contributed by atoms with van der Waals surface area (Å²) in [4.78, 5) is 2.48. The molecular formula is C20H25ClN2. The maximum absolute atomic E-state index is 6.17. The Morgan fingerprint density at radius 2 is 2.04 bits per heavy atom. The minimum absolute atomic E-state index is 0.808. The fourth-order valence-corrected chi connectivity index (χ4v) is 3.36. The number of nitrogens with zero attached hydrogens (tertiary/aromatic N) is 1. The summed E-state index contributed by atoms with van der Waals surface area (Å²) in [5, 5.41) is 4.37. The Morgan fingerprint density at radius 3 is 2.83 bits per heavy atom. The van der Waals surface area contributed by atoms with Crippen LogP contribution in [-0.2, 0) is 6.54 Å². The Kier molecular flexibility index (Phi) is 5.95. The lowest BCUT2D eigenvalue weighted by Gasteiger charge is -2.27. The molecule has 2 aliphatic rings. The summed E-state index contributed by atoms with van der Waals surface area (Å²) in [6.07, 6.45) is 11.9. The molecule has 1 fully saturated rings. The van der Waals surface area contributed by atoms with E-state index >= 15 is 0 Å². The lowest BCUT2D eigenvalue weighted by molar-refractivity contribution is 0.315. The summed E-state index contributed by atoms with van der Waals surface area (Å²) in [6.45, 7) is 4.37. The van der Waals surface area contributed by atoms with Crippen molar-refractivity contribution in [3.05, 3.63) is 70.9 Å². The van der Waals surface area contributed by atoms with Crippen LogP contribution in [0.3, 0.4) is 0 Å². The van der Waals surface area contributed by atoms with E-state index in [0.29, 0.717) is 0 Å². The van der Waals surface area contributed by atoms with E-state index in [9.17, 15) is 0 Å². The Balaban J connectivity index is 1.72. The molecule has 0 saturated carbocycles. The molecule has 1 aliphatic carbocycles. The van der Waals surface area contributed by atoms with E-state index in [1.54, 1.807) is 0 Å². The molecule has 1 saturated heterocycles. The first kappa shape index (κ1) is 16.4. The standard InChI is InChI=1S/C20H25ClN2/c21-19-7-4-8-20(10-9-19)23(14-12-17-11-13-22-15-17)16-18-5-2-1-3-6-18/h1-6,8-10,17,22H,7,11-16H2. The number of hydrogen-bond acceptors (Lipinski definition) is 2. The van der Waals surface area contributed by atoms with Crippen molar-refractivity contribution in [1.29, 1.82) is 0 Å². The molecule has 23 heavy (non-hydrogen) atoms. The molecule has 0 aromatic heterocycles. The van der Waals surface area contributed by atoms with E-state index in [0.717, 1.165) is 30.5 Å². The molecule has 1 unspecified atom stereocenters. The van der Waals surface area contributed by atoms with Gasteiger partial charge in [-0.15, -0.1) is 0 Å². The summed E-state index contributed by atoms with van der Waals surface area (Å²) in [5.74, 6) is 0.808. The molecule has 1 N–H and O–H groups in total. The SMILES string of the molecule is ClC1=CC=C(N(CCC2CCNC2)Cc2ccccc2)C=CC1. The predicted molar refractivity (Wildman–Crippen MR) is 98.2 cm³/mol. The van der Waals surface area contributed by atoms with Crippen LogP contribution in [0.2, 0.25) is 0 Å². The average Bonchev–Trinajstić information content (AvgIpc) is 3.00. The van der Waals surface area contributed by atoms with Gasteiger partial charge in [-0.3, -0.25) is 0 Å². The highest BCUT2D eigenvalue weighted by molar-refractivity contribution is 6.29. The summed E-state index contributed by atoms with van der Waals surface area (Å²) < 4.78 is 0. The molecule has 0 spiro atoms. The normalized spacial score (nSPS) is 20.8. The fourth-order valence-electron chi connectivity index (χ4n) is 3.20. The summed E-state index contributed by atoms with van der Waals surface area (Å²) in [6, 6.07) is 10.7. The maximum atomic E-state index is 6.17. The number of hydrogen-bond donors (Lipinski definition) is 1. The zero-order valence-electron chi connectivity index (χ0n) is 13.5. The van der Waals surface area contributed by atoms with Gasteiger partial charge in [-0.1, -0.05) is 48.0 Å². The third kappa shape index (κ3) is 4.98. The van der Waals surface area contributed by atoms with Gasteiger partial charge in [-0.2, -0.15) is 0 Å². The summed E-state index contributed by atoms with van der Waals surface area (Å²) in [7, 11) is 0. The van der Waals surface area contributed by atoms with Gasteiger partial charge >= 0.3 is 0 Å². The van der Waals surface area contributed by atoms with Crippen molar-refractivity contribution >= 4 is 11.6 Å². The van der Waals surface area contributed by atoms with Crippen LogP contribution in [-0.4, -0.2) is 24.5 Å². The van der Waals surface area contributed by atoms with E-state index in [4.69, 9.17) is 11.6 Å². The second kappa shape index (κ2) is 8.37. The van der Waals surface area contributed by atoms with Crippen LogP contribution in [0.4, 0.5) is 0 Å². The third-order valence-electron chi connectivity index (χ3n) is 4.59. The lowest BCUT2D eigenvalue weighted by atomic mass is 10.0. The monoisotopic (exact) mass is 328 g/mol. The van der Waals surface area contributed by atoms with Gasteiger partial charge in [0.2, 0.25) is 0 Å². The lowest BCUT2D eigenvalue weighted by Crippen LogP contribution is -2.25. The molecular weight excluding hydrogens is 304 g/mol. The van der Waals surface area contributed by atoms with Gasteiger partial charge in [-0.05, 0) is 55.6 Å². The van der Waals surface area contributed by atoms with Crippen LogP contribution in [0.15, 0.2) is 65.4 Å². The molecule has 1 atom stereocenters. The highest BCUT2D eigenvalue weighted by Crippen LogP contribution is 2.21. The Bertz CT molecular complexity index is 583. The maximum Gasteiger partial charge on any atom is 0.0429 e. The molecule has 0 bridgehead atoms. The fraction of sp³-hybridized carbons (Fsp3) is 0.400. The van der Waals surface area contributed by atoms with Gasteiger partial charge in [0, 0.05) is 30.2 Å². The van der Waals surface area contributed by atoms with Crippen molar-refractivity contribution in [2.24, 2.45) is 5.92 Å². The van der Waals surface area contributed by atoms with Crippen molar-refractivity contribution in [2.75, 3.05) is 19.6 Å². The largest absolute Gasteiger partial charge is 0.367 e. The summed E-state index contributed by atoms with van der Waals surface area (Å²) in [5.41, 5.74) is 2.61. The number of allylic oxidation sites excluding steroid dienone is 5. The van der Waals surface area contributed by atoms with Crippen LogP contribution in [0.1, 0.15) is 24.8 Å². The van der Waals surface area contributed by atoms with Crippen molar-refractivity contribution in [3.8, 4) is 0 Å². The van der Waals surface area contributed by atoms with Crippen molar-refractivity contribution in [3.63, 3.8) is 0 Å². The van der Waals surface area contributed by atoms with E-state index in [1.807, 2.05) is 6.08 Å². The molecule has 1 aromatic rings. The highest BCUT2D eigenvalue weighted by Gasteiger charge is 2.17. The number of halogens is 1. The first-order valence-electron chi connectivity index (χ1n) is 8.54. The molecule has 1 heterocycles. The average molecular weight is 329 g/mol.